The zero-order valence-electron chi connectivity index (χ0n) is 12.8. The van der Waals surface area contributed by atoms with Crippen LogP contribution in [0.2, 0.25) is 0 Å². The van der Waals surface area contributed by atoms with E-state index in [1.807, 2.05) is 24.3 Å². The van der Waals surface area contributed by atoms with E-state index in [0.717, 1.165) is 29.8 Å². The molecule has 0 amide bonds. The highest BCUT2D eigenvalue weighted by molar-refractivity contribution is 5.57. The Kier molecular flexibility index (Phi) is 5.14. The summed E-state index contributed by atoms with van der Waals surface area (Å²) in [6.45, 7) is 6.97. The minimum Gasteiger partial charge on any atom is -0.494 e. The lowest BCUT2D eigenvalue weighted by Crippen LogP contribution is -2.11. The molecule has 0 atom stereocenters. The summed E-state index contributed by atoms with van der Waals surface area (Å²) in [6.07, 6.45) is 1.76. The van der Waals surface area contributed by atoms with Crippen molar-refractivity contribution in [3.8, 4) is 17.1 Å². The lowest BCUT2D eigenvalue weighted by molar-refractivity contribution is 0.317. The van der Waals surface area contributed by atoms with Gasteiger partial charge in [0.25, 0.3) is 5.56 Å². The predicted molar refractivity (Wildman–Crippen MR) is 84.6 cm³/mol. The van der Waals surface area contributed by atoms with Gasteiger partial charge in [0.15, 0.2) is 0 Å². The van der Waals surface area contributed by atoms with Crippen molar-refractivity contribution >= 4 is 0 Å². The number of nitrogens with zero attached hydrogens (tertiary/aromatic N) is 1. The molecule has 0 bridgehead atoms. The van der Waals surface area contributed by atoms with Gasteiger partial charge in [-0.25, -0.2) is 4.98 Å². The molecule has 0 saturated carbocycles. The zero-order valence-corrected chi connectivity index (χ0v) is 12.8. The lowest BCUT2D eigenvalue weighted by atomic mass is 10.1. The average molecular weight is 286 g/mol. The van der Waals surface area contributed by atoms with Crippen LogP contribution in [0.3, 0.4) is 0 Å². The van der Waals surface area contributed by atoms with E-state index in [0.29, 0.717) is 18.3 Å². The fourth-order valence-corrected chi connectivity index (χ4v) is 2.12. The van der Waals surface area contributed by atoms with Gasteiger partial charge < -0.3 is 9.72 Å². The molecule has 112 valence electrons. The first-order valence-electron chi connectivity index (χ1n) is 7.42. The second-order valence-electron chi connectivity index (χ2n) is 5.56. The highest BCUT2D eigenvalue weighted by atomic mass is 16.5. The predicted octanol–water partition coefficient (Wildman–Crippen LogP) is 3.42. The van der Waals surface area contributed by atoms with Gasteiger partial charge in [0, 0.05) is 17.3 Å². The van der Waals surface area contributed by atoms with E-state index in [-0.39, 0.29) is 5.56 Å². The van der Waals surface area contributed by atoms with Gasteiger partial charge in [0.05, 0.1) is 6.61 Å². The zero-order chi connectivity index (χ0) is 15.2. The first kappa shape index (κ1) is 15.3. The van der Waals surface area contributed by atoms with Gasteiger partial charge in [-0.2, -0.15) is 0 Å². The van der Waals surface area contributed by atoms with Crippen LogP contribution in [-0.2, 0) is 6.42 Å². The molecule has 1 aromatic heterocycles. The van der Waals surface area contributed by atoms with E-state index in [4.69, 9.17) is 4.74 Å². The highest BCUT2D eigenvalue weighted by Crippen LogP contribution is 2.21. The van der Waals surface area contributed by atoms with Crippen molar-refractivity contribution in [2.75, 3.05) is 6.61 Å². The van der Waals surface area contributed by atoms with Crippen LogP contribution in [0.15, 0.2) is 35.1 Å². The fraction of sp³-hybridized carbons (Fsp3) is 0.412. The number of hydrogen-bond acceptors (Lipinski definition) is 3. The molecule has 21 heavy (non-hydrogen) atoms. The molecule has 4 nitrogen and oxygen atoms in total. The van der Waals surface area contributed by atoms with Gasteiger partial charge in [0.1, 0.15) is 11.6 Å². The SMILES string of the molecule is CCCOc1cccc(-c2nc(CC(C)C)cc(=O)[nH]2)c1. The number of aromatic nitrogens is 2. The third-order valence-electron chi connectivity index (χ3n) is 2.99. The molecular formula is C17H22N2O2. The van der Waals surface area contributed by atoms with Crippen LogP contribution in [0.5, 0.6) is 5.75 Å². The summed E-state index contributed by atoms with van der Waals surface area (Å²) in [5.74, 6) is 1.86. The first-order valence-corrected chi connectivity index (χ1v) is 7.42. The van der Waals surface area contributed by atoms with E-state index >= 15 is 0 Å². The van der Waals surface area contributed by atoms with Crippen molar-refractivity contribution in [1.82, 2.24) is 9.97 Å². The summed E-state index contributed by atoms with van der Waals surface area (Å²) < 4.78 is 5.62. The van der Waals surface area contributed by atoms with Gasteiger partial charge in [-0.1, -0.05) is 32.9 Å². The minimum absolute atomic E-state index is 0.115. The molecule has 0 saturated heterocycles. The second kappa shape index (κ2) is 7.07. The van der Waals surface area contributed by atoms with Crippen molar-refractivity contribution in [2.45, 2.75) is 33.6 Å². The monoisotopic (exact) mass is 286 g/mol. The molecule has 0 aliphatic heterocycles. The van der Waals surface area contributed by atoms with Crippen molar-refractivity contribution < 1.29 is 4.74 Å². The number of hydrogen-bond donors (Lipinski definition) is 1. The van der Waals surface area contributed by atoms with Crippen LogP contribution >= 0.6 is 0 Å². The van der Waals surface area contributed by atoms with Crippen molar-refractivity contribution in [2.24, 2.45) is 5.92 Å². The molecule has 0 unspecified atom stereocenters. The van der Waals surface area contributed by atoms with Gasteiger partial charge in [-0.15, -0.1) is 0 Å². The van der Waals surface area contributed by atoms with E-state index in [2.05, 4.69) is 30.7 Å². The quantitative estimate of drug-likeness (QED) is 0.885. The molecule has 1 N–H and O–H groups in total. The van der Waals surface area contributed by atoms with Crippen LogP contribution in [0.25, 0.3) is 11.4 Å². The fourth-order valence-electron chi connectivity index (χ4n) is 2.12. The standard InChI is InChI=1S/C17H22N2O2/c1-4-8-21-15-7-5-6-13(10-15)17-18-14(9-12(2)3)11-16(20)19-17/h5-7,10-12H,4,8-9H2,1-3H3,(H,18,19,20). The highest BCUT2D eigenvalue weighted by Gasteiger charge is 2.07. The Morgan fingerprint density at radius 3 is 2.81 bits per heavy atom. The molecule has 1 aromatic carbocycles. The Bertz CT molecular complexity index is 647. The summed E-state index contributed by atoms with van der Waals surface area (Å²) in [5.41, 5.74) is 1.57. The van der Waals surface area contributed by atoms with Crippen LogP contribution in [0.1, 0.15) is 32.9 Å². The molecule has 1 heterocycles. The molecule has 0 radical (unpaired) electrons. The van der Waals surface area contributed by atoms with Gasteiger partial charge in [-0.3, -0.25) is 4.79 Å². The third kappa shape index (κ3) is 4.45. The second-order valence-corrected chi connectivity index (χ2v) is 5.56. The Morgan fingerprint density at radius 1 is 1.29 bits per heavy atom. The van der Waals surface area contributed by atoms with Gasteiger partial charge >= 0.3 is 0 Å². The average Bonchev–Trinajstić information content (AvgIpc) is 2.44. The maximum Gasteiger partial charge on any atom is 0.251 e. The smallest absolute Gasteiger partial charge is 0.251 e. The van der Waals surface area contributed by atoms with Crippen molar-refractivity contribution in [3.63, 3.8) is 0 Å². The van der Waals surface area contributed by atoms with E-state index in [9.17, 15) is 4.79 Å². The topological polar surface area (TPSA) is 55.0 Å². The number of benzene rings is 1. The van der Waals surface area contributed by atoms with E-state index < -0.39 is 0 Å². The molecule has 0 spiro atoms. The van der Waals surface area contributed by atoms with Crippen molar-refractivity contribution in [3.05, 3.63) is 46.4 Å². The Labute approximate surface area is 125 Å². The lowest BCUT2D eigenvalue weighted by Gasteiger charge is -2.08. The van der Waals surface area contributed by atoms with Crippen LogP contribution in [-0.4, -0.2) is 16.6 Å². The van der Waals surface area contributed by atoms with Gasteiger partial charge in [0.2, 0.25) is 0 Å². The Hall–Kier alpha value is -2.10. The van der Waals surface area contributed by atoms with Crippen LogP contribution < -0.4 is 10.3 Å². The molecule has 0 aliphatic carbocycles. The molecule has 4 heteroatoms. The Morgan fingerprint density at radius 2 is 2.10 bits per heavy atom. The summed E-state index contributed by atoms with van der Waals surface area (Å²) in [4.78, 5) is 19.1. The summed E-state index contributed by atoms with van der Waals surface area (Å²) in [7, 11) is 0. The molecule has 2 aromatic rings. The summed E-state index contributed by atoms with van der Waals surface area (Å²) in [6, 6.07) is 9.23. The number of H-pyrrole nitrogens is 1. The molecule has 0 fully saturated rings. The van der Waals surface area contributed by atoms with Crippen LogP contribution in [0, 0.1) is 5.92 Å². The van der Waals surface area contributed by atoms with Crippen molar-refractivity contribution in [1.29, 1.82) is 0 Å². The Balaban J connectivity index is 2.32. The maximum atomic E-state index is 11.8. The number of rotatable bonds is 6. The third-order valence-corrected chi connectivity index (χ3v) is 2.99. The first-order chi connectivity index (χ1) is 10.1. The summed E-state index contributed by atoms with van der Waals surface area (Å²) in [5, 5.41) is 0. The molecular weight excluding hydrogens is 264 g/mol. The van der Waals surface area contributed by atoms with Crippen LogP contribution in [0.4, 0.5) is 0 Å². The number of nitrogens with one attached hydrogen (secondary N) is 1. The molecule has 2 rings (SSSR count). The normalized spacial score (nSPS) is 10.9. The number of ether oxygens (including phenoxy) is 1. The van der Waals surface area contributed by atoms with E-state index in [1.165, 1.54) is 0 Å². The minimum atomic E-state index is -0.115. The van der Waals surface area contributed by atoms with E-state index in [1.54, 1.807) is 6.07 Å². The summed E-state index contributed by atoms with van der Waals surface area (Å²) >= 11 is 0. The molecule has 0 aliphatic rings. The van der Waals surface area contributed by atoms with Gasteiger partial charge in [-0.05, 0) is 30.9 Å². The maximum absolute atomic E-state index is 11.8. The number of aromatic amines is 1. The largest absolute Gasteiger partial charge is 0.494 e.